The van der Waals surface area contributed by atoms with Crippen LogP contribution in [0.2, 0.25) is 0 Å². The molecular weight excluding hydrogens is 471 g/mol. The number of rotatable bonds is 4. The van der Waals surface area contributed by atoms with Crippen molar-refractivity contribution in [1.29, 1.82) is 0 Å². The summed E-state index contributed by atoms with van der Waals surface area (Å²) in [6.07, 6.45) is 1.92. The van der Waals surface area contributed by atoms with Gasteiger partial charge in [0.2, 0.25) is 0 Å². The number of hydrogen-bond donors (Lipinski definition) is 0. The summed E-state index contributed by atoms with van der Waals surface area (Å²) in [5.74, 6) is -1.18. The van der Waals surface area contributed by atoms with Gasteiger partial charge in [-0.1, -0.05) is 50.8 Å². The number of allylic oxidation sites excluding steroid dienone is 3. The van der Waals surface area contributed by atoms with Crippen molar-refractivity contribution in [3.05, 3.63) is 87.2 Å². The highest BCUT2D eigenvalue weighted by molar-refractivity contribution is 14.1. The van der Waals surface area contributed by atoms with E-state index in [9.17, 15) is 8.78 Å². The molecule has 0 aromatic heterocycles. The van der Waals surface area contributed by atoms with Crippen LogP contribution in [-0.2, 0) is 0 Å². The third-order valence-electron chi connectivity index (χ3n) is 4.29. The molecule has 1 heterocycles. The normalized spacial score (nSPS) is 13.8. The van der Waals surface area contributed by atoms with Gasteiger partial charge in [-0.25, -0.2) is 8.78 Å². The molecule has 5 heteroatoms. The maximum atomic E-state index is 14.9. The summed E-state index contributed by atoms with van der Waals surface area (Å²) >= 11 is 2.20. The van der Waals surface area contributed by atoms with Crippen molar-refractivity contribution < 1.29 is 13.5 Å². The van der Waals surface area contributed by atoms with Gasteiger partial charge < -0.3 is 9.64 Å². The van der Waals surface area contributed by atoms with Crippen molar-refractivity contribution in [2.45, 2.75) is 20.8 Å². The van der Waals surface area contributed by atoms with Crippen LogP contribution in [0.4, 0.5) is 8.78 Å². The molecule has 0 spiro atoms. The van der Waals surface area contributed by atoms with Crippen molar-refractivity contribution in [3.8, 4) is 5.75 Å². The Hall–Kier alpha value is -2.15. The highest BCUT2D eigenvalue weighted by atomic mass is 127. The Kier molecular flexibility index (Phi) is 7.80. The maximum absolute atomic E-state index is 14.9. The van der Waals surface area contributed by atoms with Gasteiger partial charge in [0.1, 0.15) is 17.4 Å². The highest BCUT2D eigenvalue weighted by Gasteiger charge is 2.29. The van der Waals surface area contributed by atoms with Gasteiger partial charge in [0.05, 0.1) is 18.4 Å². The van der Waals surface area contributed by atoms with Crippen LogP contribution < -0.4 is 4.74 Å². The largest absolute Gasteiger partial charge is 0.497 e. The van der Waals surface area contributed by atoms with Crippen LogP contribution in [0.15, 0.2) is 64.4 Å². The average Bonchev–Trinajstić information content (AvgIpc) is 2.72. The summed E-state index contributed by atoms with van der Waals surface area (Å²) in [4.78, 5) is 1.85. The zero-order valence-electron chi connectivity index (χ0n) is 16.5. The maximum Gasteiger partial charge on any atom is 0.139 e. The second kappa shape index (κ2) is 9.87. The molecule has 0 saturated heterocycles. The Morgan fingerprint density at radius 2 is 1.64 bits per heavy atom. The molecule has 3 rings (SSSR count). The molecular formula is C23H24F2INO. The summed E-state index contributed by atoms with van der Waals surface area (Å²) in [6, 6.07) is 12.0. The zero-order valence-corrected chi connectivity index (χ0v) is 18.7. The molecule has 0 bridgehead atoms. The fourth-order valence-corrected chi connectivity index (χ4v) is 3.64. The van der Waals surface area contributed by atoms with Gasteiger partial charge >= 0.3 is 0 Å². The van der Waals surface area contributed by atoms with Gasteiger partial charge in [0, 0.05) is 33.5 Å². The molecule has 148 valence electrons. The lowest BCUT2D eigenvalue weighted by molar-refractivity contribution is 0.405. The van der Waals surface area contributed by atoms with Crippen molar-refractivity contribution in [1.82, 2.24) is 4.90 Å². The van der Waals surface area contributed by atoms with E-state index < -0.39 is 11.6 Å². The highest BCUT2D eigenvalue weighted by Crippen LogP contribution is 2.43. The second-order valence-corrected chi connectivity index (χ2v) is 6.94. The first kappa shape index (κ1) is 22.1. The molecule has 2 aromatic carbocycles. The number of nitrogens with zero attached hydrogens (tertiary/aromatic N) is 1. The Morgan fingerprint density at radius 3 is 2.14 bits per heavy atom. The monoisotopic (exact) mass is 495 g/mol. The van der Waals surface area contributed by atoms with Crippen molar-refractivity contribution in [2.24, 2.45) is 0 Å². The Morgan fingerprint density at radius 1 is 1.07 bits per heavy atom. The lowest BCUT2D eigenvalue weighted by Crippen LogP contribution is -2.25. The summed E-state index contributed by atoms with van der Waals surface area (Å²) in [5.41, 5.74) is 2.76. The molecule has 0 aliphatic carbocycles. The molecule has 0 N–H and O–H groups in total. The van der Waals surface area contributed by atoms with E-state index in [1.807, 2.05) is 62.1 Å². The Balaban J connectivity index is 0.00000136. The standard InChI is InChI=1S/C21H18F2INO.C2H6/c1-4-25-13(2)19(24)12-16(14-8-6-5-7-9-14)21(25)20-17(22)10-15(26-3)11-18(20)23;1-2/h5-12H,2,4H2,1,3H3;1-2H3. The van der Waals surface area contributed by atoms with Crippen LogP contribution in [0.25, 0.3) is 11.3 Å². The molecule has 0 fully saturated rings. The van der Waals surface area contributed by atoms with Crippen LogP contribution in [-0.4, -0.2) is 18.6 Å². The lowest BCUT2D eigenvalue weighted by Gasteiger charge is -2.34. The van der Waals surface area contributed by atoms with E-state index in [1.54, 1.807) is 0 Å². The van der Waals surface area contributed by atoms with Gasteiger partial charge in [-0.2, -0.15) is 0 Å². The van der Waals surface area contributed by atoms with Crippen LogP contribution in [0.5, 0.6) is 5.75 Å². The van der Waals surface area contributed by atoms with E-state index in [4.69, 9.17) is 4.74 Å². The summed E-state index contributed by atoms with van der Waals surface area (Å²) in [7, 11) is 1.38. The first-order valence-electron chi connectivity index (χ1n) is 9.15. The van der Waals surface area contributed by atoms with E-state index in [0.29, 0.717) is 12.2 Å². The molecule has 2 nitrogen and oxygen atoms in total. The smallest absolute Gasteiger partial charge is 0.139 e. The minimum atomic E-state index is -0.665. The number of likely N-dealkylation sites (N-methyl/N-ethyl adjacent to an activating group) is 1. The number of ether oxygens (including phenoxy) is 1. The first-order valence-corrected chi connectivity index (χ1v) is 10.2. The van der Waals surface area contributed by atoms with E-state index >= 15 is 0 Å². The van der Waals surface area contributed by atoms with Crippen molar-refractivity contribution in [3.63, 3.8) is 0 Å². The third-order valence-corrected chi connectivity index (χ3v) is 5.22. The first-order chi connectivity index (χ1) is 13.5. The lowest BCUT2D eigenvalue weighted by atomic mass is 9.94. The molecule has 1 aliphatic rings. The van der Waals surface area contributed by atoms with E-state index in [-0.39, 0.29) is 11.3 Å². The number of halogens is 3. The summed E-state index contributed by atoms with van der Waals surface area (Å²) in [5, 5.41) is 0. The molecule has 0 atom stereocenters. The SMILES string of the molecule is C=C1C(I)=CC(c2ccccc2)=C(c2c(F)cc(OC)cc2F)N1CC.CC. The van der Waals surface area contributed by atoms with Gasteiger partial charge in [-0.3, -0.25) is 0 Å². The zero-order chi connectivity index (χ0) is 20.8. The van der Waals surface area contributed by atoms with Gasteiger partial charge in [0.25, 0.3) is 0 Å². The summed E-state index contributed by atoms with van der Waals surface area (Å²) in [6.45, 7) is 10.6. The minimum Gasteiger partial charge on any atom is -0.497 e. The predicted molar refractivity (Wildman–Crippen MR) is 121 cm³/mol. The van der Waals surface area contributed by atoms with Gasteiger partial charge in [-0.05, 0) is 41.2 Å². The molecule has 0 radical (unpaired) electrons. The van der Waals surface area contributed by atoms with E-state index in [0.717, 1.165) is 20.4 Å². The molecule has 0 saturated carbocycles. The van der Waals surface area contributed by atoms with Crippen molar-refractivity contribution >= 4 is 33.9 Å². The topological polar surface area (TPSA) is 12.5 Å². The second-order valence-electron chi connectivity index (χ2n) is 5.78. The number of benzene rings is 2. The van der Waals surface area contributed by atoms with Crippen molar-refractivity contribution in [2.75, 3.05) is 13.7 Å². The Bertz CT molecular complexity index is 896. The number of hydrogen-bond acceptors (Lipinski definition) is 2. The fraction of sp³-hybridized carbons (Fsp3) is 0.217. The van der Waals surface area contributed by atoms with Crippen LogP contribution in [0.1, 0.15) is 31.9 Å². The summed E-state index contributed by atoms with van der Waals surface area (Å²) < 4.78 is 35.7. The minimum absolute atomic E-state index is 0.0761. The Labute approximate surface area is 179 Å². The molecule has 0 unspecified atom stereocenters. The number of methoxy groups -OCH3 is 1. The van der Waals surface area contributed by atoms with Crippen LogP contribution in [0, 0.1) is 11.6 Å². The average molecular weight is 495 g/mol. The molecule has 28 heavy (non-hydrogen) atoms. The third kappa shape index (κ3) is 4.29. The van der Waals surface area contributed by atoms with Crippen LogP contribution >= 0.6 is 22.6 Å². The molecule has 1 aliphatic heterocycles. The predicted octanol–water partition coefficient (Wildman–Crippen LogP) is 7.04. The van der Waals surface area contributed by atoms with E-state index in [2.05, 4.69) is 29.2 Å². The quantitative estimate of drug-likeness (QED) is 0.422. The van der Waals surface area contributed by atoms with Gasteiger partial charge in [-0.15, -0.1) is 0 Å². The van der Waals surface area contributed by atoms with Crippen LogP contribution in [0.3, 0.4) is 0 Å². The van der Waals surface area contributed by atoms with E-state index in [1.165, 1.54) is 19.2 Å². The molecule has 0 amide bonds. The van der Waals surface area contributed by atoms with Gasteiger partial charge in [0.15, 0.2) is 0 Å². The fourth-order valence-electron chi connectivity index (χ4n) is 3.04. The molecule has 2 aromatic rings.